The van der Waals surface area contributed by atoms with Gasteiger partial charge in [-0.3, -0.25) is 4.79 Å². The topological polar surface area (TPSA) is 82.6 Å². The van der Waals surface area contributed by atoms with Gasteiger partial charge in [-0.05, 0) is 19.4 Å². The standard InChI is InChI=1S/C22H27N3O4S/c1-11-16-12(2)23-21(22(3,4)5)25-20(16)30-18(11)19(26)24-13-9-14(27-6)17(29-8)15(10-13)28-7/h9-10H,1-8H3,(H,24,26). The molecule has 0 aliphatic rings. The monoisotopic (exact) mass is 429 g/mol. The first kappa shape index (κ1) is 21.8. The predicted molar refractivity (Wildman–Crippen MR) is 120 cm³/mol. The first-order valence-corrected chi connectivity index (χ1v) is 10.3. The van der Waals surface area contributed by atoms with Crippen LogP contribution >= 0.6 is 11.3 Å². The molecule has 8 heteroatoms. The molecule has 0 radical (unpaired) electrons. The average molecular weight is 430 g/mol. The minimum Gasteiger partial charge on any atom is -0.493 e. The van der Waals surface area contributed by atoms with E-state index in [0.29, 0.717) is 27.8 Å². The minimum absolute atomic E-state index is 0.171. The van der Waals surface area contributed by atoms with Crippen LogP contribution in [0.25, 0.3) is 10.2 Å². The summed E-state index contributed by atoms with van der Waals surface area (Å²) in [6.45, 7) is 10.1. The Morgan fingerprint density at radius 2 is 1.60 bits per heavy atom. The van der Waals surface area contributed by atoms with E-state index in [0.717, 1.165) is 27.3 Å². The van der Waals surface area contributed by atoms with Crippen LogP contribution < -0.4 is 19.5 Å². The summed E-state index contributed by atoms with van der Waals surface area (Å²) in [7, 11) is 4.61. The molecule has 160 valence electrons. The maximum Gasteiger partial charge on any atom is 0.266 e. The molecule has 3 aromatic rings. The van der Waals surface area contributed by atoms with Gasteiger partial charge in [0.15, 0.2) is 11.5 Å². The number of aromatic nitrogens is 2. The third-order valence-corrected chi connectivity index (χ3v) is 5.96. The maximum atomic E-state index is 13.1. The fraction of sp³-hybridized carbons (Fsp3) is 0.409. The molecular weight excluding hydrogens is 402 g/mol. The predicted octanol–water partition coefficient (Wildman–Crippen LogP) is 4.88. The molecule has 0 spiro atoms. The molecule has 0 bridgehead atoms. The number of aryl methyl sites for hydroxylation is 2. The van der Waals surface area contributed by atoms with Gasteiger partial charge < -0.3 is 19.5 Å². The number of amides is 1. The zero-order valence-electron chi connectivity index (χ0n) is 18.6. The van der Waals surface area contributed by atoms with E-state index in [2.05, 4.69) is 31.1 Å². The highest BCUT2D eigenvalue weighted by Gasteiger charge is 2.24. The number of nitrogens with one attached hydrogen (secondary N) is 1. The molecule has 7 nitrogen and oxygen atoms in total. The number of fused-ring (bicyclic) bond motifs is 1. The van der Waals surface area contributed by atoms with Crippen molar-refractivity contribution in [1.29, 1.82) is 0 Å². The van der Waals surface area contributed by atoms with E-state index in [-0.39, 0.29) is 11.3 Å². The lowest BCUT2D eigenvalue weighted by atomic mass is 9.95. The maximum absolute atomic E-state index is 13.1. The fourth-order valence-corrected chi connectivity index (χ4v) is 4.36. The van der Waals surface area contributed by atoms with Gasteiger partial charge in [0, 0.05) is 28.6 Å². The van der Waals surface area contributed by atoms with Crippen molar-refractivity contribution < 1.29 is 19.0 Å². The van der Waals surface area contributed by atoms with E-state index in [1.165, 1.54) is 32.7 Å². The summed E-state index contributed by atoms with van der Waals surface area (Å²) in [4.78, 5) is 23.9. The quantitative estimate of drug-likeness (QED) is 0.622. The molecule has 0 unspecified atom stereocenters. The number of hydrogen-bond acceptors (Lipinski definition) is 7. The van der Waals surface area contributed by atoms with E-state index in [1.54, 1.807) is 12.1 Å². The highest BCUT2D eigenvalue weighted by atomic mass is 32.1. The highest BCUT2D eigenvalue weighted by molar-refractivity contribution is 7.20. The Bertz CT molecular complexity index is 1090. The summed E-state index contributed by atoms with van der Waals surface area (Å²) in [6.07, 6.45) is 0. The van der Waals surface area contributed by atoms with Crippen LogP contribution in [0.1, 0.15) is 47.5 Å². The zero-order valence-corrected chi connectivity index (χ0v) is 19.4. The Labute approximate surface area is 180 Å². The largest absolute Gasteiger partial charge is 0.493 e. The number of carbonyl (C=O) groups is 1. The Morgan fingerprint density at radius 1 is 1.00 bits per heavy atom. The third kappa shape index (κ3) is 3.92. The molecule has 0 atom stereocenters. The SMILES string of the molecule is COc1cc(NC(=O)c2sc3nc(C(C)(C)C)nc(C)c3c2C)cc(OC)c1OC. The Morgan fingerprint density at radius 3 is 2.10 bits per heavy atom. The van der Waals surface area contributed by atoms with Gasteiger partial charge in [-0.15, -0.1) is 11.3 Å². The van der Waals surface area contributed by atoms with E-state index in [4.69, 9.17) is 19.2 Å². The summed E-state index contributed by atoms with van der Waals surface area (Å²) < 4.78 is 16.1. The lowest BCUT2D eigenvalue weighted by Gasteiger charge is -2.16. The first-order valence-electron chi connectivity index (χ1n) is 9.50. The summed E-state index contributed by atoms with van der Waals surface area (Å²) in [5, 5.41) is 3.87. The van der Waals surface area contributed by atoms with Gasteiger partial charge in [0.2, 0.25) is 5.75 Å². The molecule has 0 aliphatic carbocycles. The summed E-state index contributed by atoms with van der Waals surface area (Å²) in [5.41, 5.74) is 2.13. The van der Waals surface area contributed by atoms with Crippen LogP contribution in [-0.2, 0) is 5.41 Å². The molecule has 3 rings (SSSR count). The summed E-state index contributed by atoms with van der Waals surface area (Å²) >= 11 is 1.37. The molecule has 0 aliphatic heterocycles. The van der Waals surface area contributed by atoms with Crippen LogP contribution in [0.15, 0.2) is 12.1 Å². The number of methoxy groups -OCH3 is 3. The molecule has 0 saturated heterocycles. The van der Waals surface area contributed by atoms with Gasteiger partial charge in [0.05, 0.1) is 31.9 Å². The van der Waals surface area contributed by atoms with Crippen molar-refractivity contribution in [2.75, 3.05) is 26.6 Å². The van der Waals surface area contributed by atoms with Crippen molar-refractivity contribution in [3.8, 4) is 17.2 Å². The van der Waals surface area contributed by atoms with E-state index in [1.807, 2.05) is 13.8 Å². The summed E-state index contributed by atoms with van der Waals surface area (Å²) in [6, 6.07) is 3.40. The van der Waals surface area contributed by atoms with E-state index < -0.39 is 0 Å². The van der Waals surface area contributed by atoms with Crippen LogP contribution in [0, 0.1) is 13.8 Å². The number of nitrogens with zero attached hydrogens (tertiary/aromatic N) is 2. The average Bonchev–Trinajstić information content (AvgIpc) is 3.03. The van der Waals surface area contributed by atoms with Crippen LogP contribution in [-0.4, -0.2) is 37.2 Å². The molecule has 0 fully saturated rings. The van der Waals surface area contributed by atoms with Crippen LogP contribution in [0.2, 0.25) is 0 Å². The second kappa shape index (κ2) is 8.10. The van der Waals surface area contributed by atoms with Gasteiger partial charge in [-0.25, -0.2) is 9.97 Å². The van der Waals surface area contributed by atoms with E-state index >= 15 is 0 Å². The second-order valence-electron chi connectivity index (χ2n) is 7.99. The number of benzene rings is 1. The molecule has 2 aromatic heterocycles. The van der Waals surface area contributed by atoms with Crippen molar-refractivity contribution in [1.82, 2.24) is 9.97 Å². The van der Waals surface area contributed by atoms with Gasteiger partial charge in [-0.2, -0.15) is 0 Å². The Balaban J connectivity index is 2.02. The number of rotatable bonds is 5. The molecule has 1 amide bonds. The lowest BCUT2D eigenvalue weighted by Crippen LogP contribution is -2.16. The van der Waals surface area contributed by atoms with E-state index in [9.17, 15) is 4.79 Å². The lowest BCUT2D eigenvalue weighted by molar-refractivity contribution is 0.103. The second-order valence-corrected chi connectivity index (χ2v) is 8.99. The first-order chi connectivity index (χ1) is 14.1. The Kier molecular flexibility index (Phi) is 5.90. The van der Waals surface area contributed by atoms with Crippen molar-refractivity contribution in [3.63, 3.8) is 0 Å². The third-order valence-electron chi connectivity index (χ3n) is 4.77. The molecular formula is C22H27N3O4S. The molecule has 30 heavy (non-hydrogen) atoms. The van der Waals surface area contributed by atoms with Crippen molar-refractivity contribution in [2.45, 2.75) is 40.0 Å². The number of carbonyl (C=O) groups excluding carboxylic acids is 1. The van der Waals surface area contributed by atoms with Gasteiger partial charge >= 0.3 is 0 Å². The Hall–Kier alpha value is -2.87. The van der Waals surface area contributed by atoms with Gasteiger partial charge in [0.1, 0.15) is 10.7 Å². The highest BCUT2D eigenvalue weighted by Crippen LogP contribution is 2.40. The molecule has 1 aromatic carbocycles. The smallest absolute Gasteiger partial charge is 0.266 e. The van der Waals surface area contributed by atoms with Crippen molar-refractivity contribution in [2.24, 2.45) is 0 Å². The van der Waals surface area contributed by atoms with Gasteiger partial charge in [-0.1, -0.05) is 20.8 Å². The van der Waals surface area contributed by atoms with Crippen LogP contribution in [0.3, 0.4) is 0 Å². The summed E-state index contributed by atoms with van der Waals surface area (Å²) in [5.74, 6) is 1.96. The molecule has 1 N–H and O–H groups in total. The number of hydrogen-bond donors (Lipinski definition) is 1. The van der Waals surface area contributed by atoms with Crippen LogP contribution in [0.4, 0.5) is 5.69 Å². The minimum atomic E-state index is -0.221. The molecule has 0 saturated carbocycles. The van der Waals surface area contributed by atoms with Gasteiger partial charge in [0.25, 0.3) is 5.91 Å². The van der Waals surface area contributed by atoms with Crippen molar-refractivity contribution in [3.05, 3.63) is 34.1 Å². The number of thiophene rings is 1. The molecule has 2 heterocycles. The van der Waals surface area contributed by atoms with Crippen molar-refractivity contribution >= 4 is 33.1 Å². The number of ether oxygens (including phenoxy) is 3. The zero-order chi connectivity index (χ0) is 22.2. The fourth-order valence-electron chi connectivity index (χ4n) is 3.23. The van der Waals surface area contributed by atoms with Crippen LogP contribution in [0.5, 0.6) is 17.2 Å². The number of anilines is 1. The normalized spacial score (nSPS) is 11.5.